The van der Waals surface area contributed by atoms with Gasteiger partial charge < -0.3 is 10.0 Å². The molecule has 0 aliphatic carbocycles. The van der Waals surface area contributed by atoms with Gasteiger partial charge in [0.15, 0.2) is 0 Å². The minimum absolute atomic E-state index is 0.0180. The van der Waals surface area contributed by atoms with E-state index in [2.05, 4.69) is 6.07 Å². The van der Waals surface area contributed by atoms with E-state index < -0.39 is 5.97 Å². The maximum Gasteiger partial charge on any atom is 0.335 e. The summed E-state index contributed by atoms with van der Waals surface area (Å²) in [6.07, 6.45) is -0.0280. The standard InChI is InChI=1S/C21H17N3O3/c1-12-19(15-6-8-16(9-7-15)21(26)27)20-23-17(10-18(25)24(12)20)14-4-2-13(11-22)3-5-14/h2-9,12,19-20H,10H2,1H3,(H,26,27). The van der Waals surface area contributed by atoms with E-state index in [-0.39, 0.29) is 36.0 Å². The number of aliphatic imine (C=N–C) groups is 1. The second-order valence-corrected chi connectivity index (χ2v) is 6.85. The molecule has 0 spiro atoms. The Labute approximate surface area is 156 Å². The summed E-state index contributed by atoms with van der Waals surface area (Å²) in [6.45, 7) is 1.99. The van der Waals surface area contributed by atoms with Gasteiger partial charge in [-0.1, -0.05) is 24.3 Å². The highest BCUT2D eigenvalue weighted by molar-refractivity contribution is 6.12. The van der Waals surface area contributed by atoms with Crippen molar-refractivity contribution in [3.63, 3.8) is 0 Å². The van der Waals surface area contributed by atoms with Crippen LogP contribution in [0, 0.1) is 11.3 Å². The number of carboxylic acid groups (broad SMARTS) is 1. The van der Waals surface area contributed by atoms with E-state index in [4.69, 9.17) is 15.4 Å². The summed E-state index contributed by atoms with van der Waals surface area (Å²) in [5.41, 5.74) is 3.36. The summed E-state index contributed by atoms with van der Waals surface area (Å²) in [4.78, 5) is 30.3. The Morgan fingerprint density at radius 1 is 1.19 bits per heavy atom. The van der Waals surface area contributed by atoms with E-state index in [9.17, 15) is 9.59 Å². The van der Waals surface area contributed by atoms with Gasteiger partial charge in [0.25, 0.3) is 0 Å². The topological polar surface area (TPSA) is 93.8 Å². The second-order valence-electron chi connectivity index (χ2n) is 6.85. The normalized spacial score (nSPS) is 23.7. The van der Waals surface area contributed by atoms with Crippen molar-refractivity contribution < 1.29 is 14.7 Å². The molecule has 0 saturated carbocycles. The fourth-order valence-corrected chi connectivity index (χ4v) is 3.90. The van der Waals surface area contributed by atoms with Gasteiger partial charge in [-0.3, -0.25) is 9.79 Å². The zero-order valence-electron chi connectivity index (χ0n) is 14.7. The van der Waals surface area contributed by atoms with Crippen molar-refractivity contribution in [1.29, 1.82) is 5.26 Å². The molecule has 2 aliphatic heterocycles. The van der Waals surface area contributed by atoms with E-state index in [1.165, 1.54) is 0 Å². The zero-order valence-corrected chi connectivity index (χ0v) is 14.7. The summed E-state index contributed by atoms with van der Waals surface area (Å²) in [5, 5.41) is 18.0. The molecule has 0 radical (unpaired) electrons. The second kappa shape index (κ2) is 6.36. The molecular weight excluding hydrogens is 342 g/mol. The highest BCUT2D eigenvalue weighted by Crippen LogP contribution is 2.43. The lowest BCUT2D eigenvalue weighted by molar-refractivity contribution is -0.146. The largest absolute Gasteiger partial charge is 0.478 e. The molecule has 1 fully saturated rings. The van der Waals surface area contributed by atoms with Crippen LogP contribution in [-0.4, -0.2) is 39.8 Å². The molecule has 0 bridgehead atoms. The molecule has 1 N–H and O–H groups in total. The van der Waals surface area contributed by atoms with Crippen molar-refractivity contribution in [2.24, 2.45) is 4.99 Å². The third-order valence-corrected chi connectivity index (χ3v) is 5.35. The number of carbonyl (C=O) groups excluding carboxylic acids is 1. The summed E-state index contributed by atoms with van der Waals surface area (Å²) in [7, 11) is 0. The van der Waals surface area contributed by atoms with Gasteiger partial charge >= 0.3 is 5.97 Å². The number of benzene rings is 2. The fourth-order valence-electron chi connectivity index (χ4n) is 3.90. The first-order valence-electron chi connectivity index (χ1n) is 8.71. The summed E-state index contributed by atoms with van der Waals surface area (Å²) in [5.74, 6) is -0.885. The Hall–Kier alpha value is -3.46. The number of hydrogen-bond donors (Lipinski definition) is 1. The van der Waals surface area contributed by atoms with Crippen LogP contribution in [-0.2, 0) is 4.79 Å². The highest BCUT2D eigenvalue weighted by Gasteiger charge is 2.51. The van der Waals surface area contributed by atoms with E-state index in [1.807, 2.05) is 19.1 Å². The monoisotopic (exact) mass is 359 g/mol. The first-order chi connectivity index (χ1) is 13.0. The summed E-state index contributed by atoms with van der Waals surface area (Å²) >= 11 is 0. The number of carboxylic acids is 1. The number of nitriles is 1. The molecule has 3 atom stereocenters. The Kier molecular flexibility index (Phi) is 4.00. The molecule has 134 valence electrons. The average Bonchev–Trinajstić information content (AvgIpc) is 2.67. The van der Waals surface area contributed by atoms with Crippen LogP contribution < -0.4 is 0 Å². The van der Waals surface area contributed by atoms with Crippen LogP contribution >= 0.6 is 0 Å². The molecule has 6 nitrogen and oxygen atoms in total. The highest BCUT2D eigenvalue weighted by atomic mass is 16.4. The number of aromatic carboxylic acids is 1. The average molecular weight is 359 g/mol. The predicted molar refractivity (Wildman–Crippen MR) is 98.5 cm³/mol. The molecular formula is C21H17N3O3. The molecule has 0 aromatic heterocycles. The van der Waals surface area contributed by atoms with Gasteiger partial charge in [-0.25, -0.2) is 4.79 Å². The van der Waals surface area contributed by atoms with Crippen molar-refractivity contribution in [2.75, 3.05) is 0 Å². The fraction of sp³-hybridized carbons (Fsp3) is 0.238. The number of fused-ring (bicyclic) bond motifs is 1. The summed E-state index contributed by atoms with van der Waals surface area (Å²) in [6, 6.07) is 16.0. The number of amides is 1. The van der Waals surface area contributed by atoms with Crippen molar-refractivity contribution in [3.05, 3.63) is 70.8 Å². The van der Waals surface area contributed by atoms with Crippen LogP contribution in [0.25, 0.3) is 0 Å². The van der Waals surface area contributed by atoms with Gasteiger partial charge in [0.05, 0.1) is 29.3 Å². The first kappa shape index (κ1) is 17.0. The minimum atomic E-state index is -0.959. The lowest BCUT2D eigenvalue weighted by Crippen LogP contribution is -2.64. The third-order valence-electron chi connectivity index (χ3n) is 5.35. The molecule has 6 heteroatoms. The molecule has 2 heterocycles. The number of rotatable bonds is 3. The molecule has 1 saturated heterocycles. The van der Waals surface area contributed by atoms with Gasteiger partial charge in [-0.15, -0.1) is 0 Å². The van der Waals surface area contributed by atoms with Gasteiger partial charge in [-0.05, 0) is 42.3 Å². The molecule has 27 heavy (non-hydrogen) atoms. The Bertz CT molecular complexity index is 987. The van der Waals surface area contributed by atoms with Crippen LogP contribution in [0.2, 0.25) is 0 Å². The predicted octanol–water partition coefficient (Wildman–Crippen LogP) is 2.79. The van der Waals surface area contributed by atoms with Gasteiger partial charge in [-0.2, -0.15) is 5.26 Å². The van der Waals surface area contributed by atoms with Crippen molar-refractivity contribution in [1.82, 2.24) is 4.90 Å². The number of carbonyl (C=O) groups is 2. The van der Waals surface area contributed by atoms with Crippen molar-refractivity contribution in [2.45, 2.75) is 31.5 Å². The number of hydrogen-bond acceptors (Lipinski definition) is 4. The zero-order chi connectivity index (χ0) is 19.1. The maximum absolute atomic E-state index is 12.6. The Balaban J connectivity index is 1.65. The minimum Gasteiger partial charge on any atom is -0.478 e. The number of nitrogens with zero attached hydrogens (tertiary/aromatic N) is 3. The van der Waals surface area contributed by atoms with Gasteiger partial charge in [0, 0.05) is 12.0 Å². The van der Waals surface area contributed by atoms with Crippen LogP contribution in [0.15, 0.2) is 53.5 Å². The molecule has 2 aromatic rings. The lowest BCUT2D eigenvalue weighted by Gasteiger charge is -2.54. The molecule has 4 rings (SSSR count). The van der Waals surface area contributed by atoms with Gasteiger partial charge in [0.1, 0.15) is 6.17 Å². The molecule has 2 aliphatic rings. The quantitative estimate of drug-likeness (QED) is 0.912. The smallest absolute Gasteiger partial charge is 0.335 e. The Morgan fingerprint density at radius 2 is 1.85 bits per heavy atom. The van der Waals surface area contributed by atoms with E-state index >= 15 is 0 Å². The van der Waals surface area contributed by atoms with Crippen LogP contribution in [0.5, 0.6) is 0 Å². The molecule has 3 unspecified atom stereocenters. The molecule has 2 aromatic carbocycles. The van der Waals surface area contributed by atoms with Crippen LogP contribution in [0.1, 0.15) is 46.3 Å². The summed E-state index contributed by atoms with van der Waals surface area (Å²) < 4.78 is 0. The van der Waals surface area contributed by atoms with Crippen LogP contribution in [0.3, 0.4) is 0 Å². The lowest BCUT2D eigenvalue weighted by atomic mass is 9.78. The maximum atomic E-state index is 12.6. The SMILES string of the molecule is CC1C(c2ccc(C(=O)O)cc2)C2N=C(c3ccc(C#N)cc3)CC(=O)N12. The van der Waals surface area contributed by atoms with Crippen LogP contribution in [0.4, 0.5) is 0 Å². The van der Waals surface area contributed by atoms with Gasteiger partial charge in [0.2, 0.25) is 5.91 Å². The Morgan fingerprint density at radius 3 is 2.44 bits per heavy atom. The first-order valence-corrected chi connectivity index (χ1v) is 8.71. The van der Waals surface area contributed by atoms with Crippen molar-refractivity contribution in [3.8, 4) is 6.07 Å². The third kappa shape index (κ3) is 2.77. The molecule has 1 amide bonds. The van der Waals surface area contributed by atoms with Crippen molar-refractivity contribution >= 4 is 17.6 Å². The van der Waals surface area contributed by atoms with E-state index in [1.54, 1.807) is 41.3 Å². The van der Waals surface area contributed by atoms with E-state index in [0.29, 0.717) is 5.56 Å². The van der Waals surface area contributed by atoms with E-state index in [0.717, 1.165) is 16.8 Å².